The highest BCUT2D eigenvalue weighted by molar-refractivity contribution is 7.99. The zero-order chi connectivity index (χ0) is 15.5. The van der Waals surface area contributed by atoms with Crippen molar-refractivity contribution in [2.75, 3.05) is 24.2 Å². The van der Waals surface area contributed by atoms with Gasteiger partial charge in [0, 0.05) is 29.8 Å². The molecule has 0 fully saturated rings. The van der Waals surface area contributed by atoms with Gasteiger partial charge in [-0.15, -0.1) is 11.8 Å². The standard InChI is InChI=1S/C18H20N2OS/c1-13(14-6-4-3-5-7-14)19-18(21)15-8-9-17-16(12-15)20(2)10-11-22-17/h3-9,12-13H,10-11H2,1-2H3,(H,19,21)/t13-/m0/s1. The molecule has 0 saturated carbocycles. The molecule has 0 bridgehead atoms. The van der Waals surface area contributed by atoms with Crippen LogP contribution >= 0.6 is 11.8 Å². The average Bonchev–Trinajstić information content (AvgIpc) is 2.55. The summed E-state index contributed by atoms with van der Waals surface area (Å²) < 4.78 is 0. The van der Waals surface area contributed by atoms with E-state index < -0.39 is 0 Å². The van der Waals surface area contributed by atoms with E-state index in [1.54, 1.807) is 0 Å². The molecule has 1 aliphatic rings. The van der Waals surface area contributed by atoms with Crippen LogP contribution in [0.1, 0.15) is 28.9 Å². The van der Waals surface area contributed by atoms with Gasteiger partial charge in [-0.05, 0) is 30.7 Å². The second-order valence-electron chi connectivity index (χ2n) is 5.56. The van der Waals surface area contributed by atoms with E-state index in [0.29, 0.717) is 0 Å². The number of carbonyl (C=O) groups is 1. The molecule has 0 aliphatic carbocycles. The second kappa shape index (κ2) is 6.44. The first-order chi connectivity index (χ1) is 10.6. The number of benzene rings is 2. The van der Waals surface area contributed by atoms with Gasteiger partial charge in [0.05, 0.1) is 11.7 Å². The number of nitrogens with one attached hydrogen (secondary N) is 1. The summed E-state index contributed by atoms with van der Waals surface area (Å²) in [7, 11) is 2.08. The van der Waals surface area contributed by atoms with Crippen LogP contribution in [0.3, 0.4) is 0 Å². The molecule has 1 amide bonds. The summed E-state index contributed by atoms with van der Waals surface area (Å²) in [4.78, 5) is 15.9. The Morgan fingerprint density at radius 2 is 2.00 bits per heavy atom. The number of amides is 1. The Kier molecular flexibility index (Phi) is 4.39. The van der Waals surface area contributed by atoms with Crippen molar-refractivity contribution in [3.63, 3.8) is 0 Å². The van der Waals surface area contributed by atoms with Gasteiger partial charge in [0.2, 0.25) is 0 Å². The Bertz CT molecular complexity index is 672. The lowest BCUT2D eigenvalue weighted by atomic mass is 10.1. The molecule has 2 aromatic rings. The minimum absolute atomic E-state index is 0.00293. The fourth-order valence-corrected chi connectivity index (χ4v) is 3.71. The Morgan fingerprint density at radius 3 is 2.77 bits per heavy atom. The number of carbonyl (C=O) groups excluding carboxylic acids is 1. The molecule has 0 aromatic heterocycles. The van der Waals surface area contributed by atoms with Crippen molar-refractivity contribution in [3.05, 3.63) is 59.7 Å². The summed E-state index contributed by atoms with van der Waals surface area (Å²) in [6, 6.07) is 16.0. The summed E-state index contributed by atoms with van der Waals surface area (Å²) in [5.41, 5.74) is 2.98. The van der Waals surface area contributed by atoms with Crippen molar-refractivity contribution in [1.29, 1.82) is 0 Å². The highest BCUT2D eigenvalue weighted by Gasteiger charge is 2.17. The Labute approximate surface area is 135 Å². The molecule has 114 valence electrons. The Balaban J connectivity index is 1.77. The molecule has 0 unspecified atom stereocenters. The molecule has 4 heteroatoms. The van der Waals surface area contributed by atoms with Crippen LogP contribution in [0.25, 0.3) is 0 Å². The van der Waals surface area contributed by atoms with Gasteiger partial charge in [0.15, 0.2) is 0 Å². The van der Waals surface area contributed by atoms with Gasteiger partial charge < -0.3 is 10.2 Å². The molecular weight excluding hydrogens is 292 g/mol. The third-order valence-corrected chi connectivity index (χ3v) is 5.01. The number of hydrogen-bond donors (Lipinski definition) is 1. The topological polar surface area (TPSA) is 32.3 Å². The van der Waals surface area contributed by atoms with E-state index in [9.17, 15) is 4.79 Å². The maximum absolute atomic E-state index is 12.5. The number of fused-ring (bicyclic) bond motifs is 1. The molecule has 3 nitrogen and oxygen atoms in total. The van der Waals surface area contributed by atoms with Crippen LogP contribution in [0.2, 0.25) is 0 Å². The van der Waals surface area contributed by atoms with Gasteiger partial charge in [-0.2, -0.15) is 0 Å². The van der Waals surface area contributed by atoms with Crippen molar-refractivity contribution in [1.82, 2.24) is 5.32 Å². The third-order valence-electron chi connectivity index (χ3n) is 3.96. The summed E-state index contributed by atoms with van der Waals surface area (Å²) in [6.45, 7) is 3.02. The number of hydrogen-bond acceptors (Lipinski definition) is 3. The van der Waals surface area contributed by atoms with Gasteiger partial charge in [-0.3, -0.25) is 4.79 Å². The van der Waals surface area contributed by atoms with Crippen molar-refractivity contribution in [2.24, 2.45) is 0 Å². The molecule has 1 heterocycles. The number of nitrogens with zero attached hydrogens (tertiary/aromatic N) is 1. The lowest BCUT2D eigenvalue weighted by Gasteiger charge is -2.27. The second-order valence-corrected chi connectivity index (χ2v) is 6.70. The van der Waals surface area contributed by atoms with Crippen LogP contribution in [-0.2, 0) is 0 Å². The maximum atomic E-state index is 12.5. The van der Waals surface area contributed by atoms with Gasteiger partial charge in [0.1, 0.15) is 0 Å². The van der Waals surface area contributed by atoms with E-state index in [2.05, 4.69) is 23.3 Å². The van der Waals surface area contributed by atoms with Crippen LogP contribution in [0.4, 0.5) is 5.69 Å². The number of thioether (sulfide) groups is 1. The van der Waals surface area contributed by atoms with Crippen molar-refractivity contribution >= 4 is 23.4 Å². The van der Waals surface area contributed by atoms with Gasteiger partial charge in [-0.25, -0.2) is 0 Å². The predicted octanol–water partition coefficient (Wildman–Crippen LogP) is 3.72. The first-order valence-electron chi connectivity index (χ1n) is 7.49. The molecule has 22 heavy (non-hydrogen) atoms. The zero-order valence-corrected chi connectivity index (χ0v) is 13.7. The van der Waals surface area contributed by atoms with E-state index in [4.69, 9.17) is 0 Å². The van der Waals surface area contributed by atoms with E-state index in [-0.39, 0.29) is 11.9 Å². The maximum Gasteiger partial charge on any atom is 0.251 e. The van der Waals surface area contributed by atoms with E-state index >= 15 is 0 Å². The molecular formula is C18H20N2OS. The minimum atomic E-state index is -0.0249. The van der Waals surface area contributed by atoms with Crippen molar-refractivity contribution in [3.8, 4) is 0 Å². The van der Waals surface area contributed by atoms with Crippen LogP contribution in [0.15, 0.2) is 53.4 Å². The molecule has 2 aromatic carbocycles. The van der Waals surface area contributed by atoms with E-state index in [1.807, 2.05) is 61.2 Å². The summed E-state index contributed by atoms with van der Waals surface area (Å²) in [6.07, 6.45) is 0. The first kappa shape index (κ1) is 15.0. The Morgan fingerprint density at radius 1 is 1.23 bits per heavy atom. The molecule has 1 aliphatic heterocycles. The minimum Gasteiger partial charge on any atom is -0.373 e. The highest BCUT2D eigenvalue weighted by atomic mass is 32.2. The smallest absolute Gasteiger partial charge is 0.251 e. The quantitative estimate of drug-likeness (QED) is 0.937. The van der Waals surface area contributed by atoms with E-state index in [0.717, 1.165) is 29.1 Å². The van der Waals surface area contributed by atoms with Gasteiger partial charge in [0.25, 0.3) is 5.91 Å². The average molecular weight is 312 g/mol. The van der Waals surface area contributed by atoms with Crippen LogP contribution in [0.5, 0.6) is 0 Å². The fourth-order valence-electron chi connectivity index (χ4n) is 2.60. The number of rotatable bonds is 3. The summed E-state index contributed by atoms with van der Waals surface area (Å²) >= 11 is 1.85. The Hall–Kier alpha value is -1.94. The van der Waals surface area contributed by atoms with Crippen molar-refractivity contribution < 1.29 is 4.79 Å². The van der Waals surface area contributed by atoms with Gasteiger partial charge >= 0.3 is 0 Å². The molecule has 0 spiro atoms. The molecule has 0 saturated heterocycles. The molecule has 1 N–H and O–H groups in total. The van der Waals surface area contributed by atoms with E-state index in [1.165, 1.54) is 4.90 Å². The summed E-state index contributed by atoms with van der Waals surface area (Å²) in [5.74, 6) is 1.07. The van der Waals surface area contributed by atoms with Gasteiger partial charge in [-0.1, -0.05) is 30.3 Å². The normalized spacial score (nSPS) is 15.1. The first-order valence-corrected chi connectivity index (χ1v) is 8.47. The lowest BCUT2D eigenvalue weighted by molar-refractivity contribution is 0.0940. The van der Waals surface area contributed by atoms with Crippen molar-refractivity contribution in [2.45, 2.75) is 17.9 Å². The van der Waals surface area contributed by atoms with Crippen LogP contribution in [-0.4, -0.2) is 25.3 Å². The lowest BCUT2D eigenvalue weighted by Crippen LogP contribution is -2.28. The molecule has 0 radical (unpaired) electrons. The number of anilines is 1. The predicted molar refractivity (Wildman–Crippen MR) is 92.8 cm³/mol. The SMILES string of the molecule is C[C@H](NC(=O)c1ccc2c(c1)N(C)CCS2)c1ccccc1. The highest BCUT2D eigenvalue weighted by Crippen LogP contribution is 2.34. The largest absolute Gasteiger partial charge is 0.373 e. The molecule has 1 atom stereocenters. The van der Waals surface area contributed by atoms with Crippen LogP contribution in [0, 0.1) is 0 Å². The third kappa shape index (κ3) is 3.12. The summed E-state index contributed by atoms with van der Waals surface area (Å²) in [5, 5.41) is 3.07. The fraction of sp³-hybridized carbons (Fsp3) is 0.278. The van der Waals surface area contributed by atoms with Crippen LogP contribution < -0.4 is 10.2 Å². The molecule has 3 rings (SSSR count). The zero-order valence-electron chi connectivity index (χ0n) is 12.9. The monoisotopic (exact) mass is 312 g/mol.